The van der Waals surface area contributed by atoms with Crippen LogP contribution < -0.4 is 5.56 Å². The lowest BCUT2D eigenvalue weighted by atomic mass is 10.2. The van der Waals surface area contributed by atoms with Gasteiger partial charge >= 0.3 is 0 Å². The van der Waals surface area contributed by atoms with E-state index in [2.05, 4.69) is 10.1 Å². The molecule has 0 radical (unpaired) electrons. The van der Waals surface area contributed by atoms with Gasteiger partial charge in [-0.3, -0.25) is 4.79 Å². The monoisotopic (exact) mass is 219 g/mol. The molecule has 0 bridgehead atoms. The third-order valence-electron chi connectivity index (χ3n) is 2.96. The number of fused-ring (bicyclic) bond motifs is 1. The van der Waals surface area contributed by atoms with E-state index in [0.717, 1.165) is 31.4 Å². The summed E-state index contributed by atoms with van der Waals surface area (Å²) in [5.41, 5.74) is 0.746. The Kier molecular flexibility index (Phi) is 2.25. The predicted octanol–water partition coefficient (Wildman–Crippen LogP) is 1.42. The van der Waals surface area contributed by atoms with Gasteiger partial charge in [-0.1, -0.05) is 0 Å². The van der Waals surface area contributed by atoms with Crippen molar-refractivity contribution in [3.8, 4) is 0 Å². The fourth-order valence-electron chi connectivity index (χ4n) is 2.13. The van der Waals surface area contributed by atoms with Crippen molar-refractivity contribution in [1.29, 1.82) is 0 Å². The van der Waals surface area contributed by atoms with Crippen molar-refractivity contribution in [3.63, 3.8) is 0 Å². The molecule has 0 aliphatic carbocycles. The molecule has 0 aromatic carbocycles. The zero-order valence-electron chi connectivity index (χ0n) is 8.85. The molecule has 0 amide bonds. The fraction of sp³-hybridized carbons (Fsp3) is 0.455. The maximum Gasteiger partial charge on any atom is 0.259 e. The van der Waals surface area contributed by atoms with Gasteiger partial charge in [0, 0.05) is 12.8 Å². The highest BCUT2D eigenvalue weighted by atomic mass is 16.5. The molecular weight excluding hydrogens is 206 g/mol. The van der Waals surface area contributed by atoms with Crippen molar-refractivity contribution in [3.05, 3.63) is 28.8 Å². The van der Waals surface area contributed by atoms with Crippen LogP contribution in [0.2, 0.25) is 0 Å². The van der Waals surface area contributed by atoms with Crippen molar-refractivity contribution in [2.75, 3.05) is 6.61 Å². The second-order valence-electron chi connectivity index (χ2n) is 4.02. The normalized spacial score (nSPS) is 21.4. The maximum atomic E-state index is 11.5. The van der Waals surface area contributed by atoms with Gasteiger partial charge in [0.2, 0.25) is 0 Å². The van der Waals surface area contributed by atoms with Crippen LogP contribution in [0, 0.1) is 0 Å². The third kappa shape index (κ3) is 1.44. The Labute approximate surface area is 92.0 Å². The zero-order valence-corrected chi connectivity index (χ0v) is 8.85. The molecule has 5 nitrogen and oxygen atoms in total. The van der Waals surface area contributed by atoms with Gasteiger partial charge in [-0.25, -0.2) is 4.68 Å². The number of aromatic nitrogens is 3. The van der Waals surface area contributed by atoms with Crippen molar-refractivity contribution < 1.29 is 4.74 Å². The van der Waals surface area contributed by atoms with Gasteiger partial charge in [-0.05, 0) is 25.3 Å². The summed E-state index contributed by atoms with van der Waals surface area (Å²) in [7, 11) is 0. The minimum Gasteiger partial charge on any atom is -0.356 e. The van der Waals surface area contributed by atoms with Crippen LogP contribution in [-0.4, -0.2) is 21.4 Å². The third-order valence-corrected chi connectivity index (χ3v) is 2.96. The first-order valence-corrected chi connectivity index (χ1v) is 5.53. The average Bonchev–Trinajstić information content (AvgIpc) is 2.75. The quantitative estimate of drug-likeness (QED) is 0.789. The summed E-state index contributed by atoms with van der Waals surface area (Å²) in [6, 6.07) is 1.86. The van der Waals surface area contributed by atoms with Gasteiger partial charge in [0.1, 0.15) is 0 Å². The zero-order chi connectivity index (χ0) is 11.0. The van der Waals surface area contributed by atoms with E-state index < -0.39 is 0 Å². The summed E-state index contributed by atoms with van der Waals surface area (Å²) < 4.78 is 7.47. The van der Waals surface area contributed by atoms with Crippen LogP contribution in [0.5, 0.6) is 0 Å². The number of hydrogen-bond acceptors (Lipinski definition) is 3. The van der Waals surface area contributed by atoms with Crippen LogP contribution in [0.1, 0.15) is 25.5 Å². The lowest BCUT2D eigenvalue weighted by Crippen LogP contribution is -2.19. The fourth-order valence-corrected chi connectivity index (χ4v) is 2.13. The maximum absolute atomic E-state index is 11.5. The molecule has 1 unspecified atom stereocenters. The molecule has 1 fully saturated rings. The summed E-state index contributed by atoms with van der Waals surface area (Å²) >= 11 is 0. The second kappa shape index (κ2) is 3.75. The lowest BCUT2D eigenvalue weighted by molar-refractivity contribution is -0.0366. The minimum absolute atomic E-state index is 0.0203. The van der Waals surface area contributed by atoms with E-state index in [-0.39, 0.29) is 11.8 Å². The second-order valence-corrected chi connectivity index (χ2v) is 4.02. The van der Waals surface area contributed by atoms with Crippen molar-refractivity contribution in [1.82, 2.24) is 14.8 Å². The van der Waals surface area contributed by atoms with E-state index in [9.17, 15) is 4.79 Å². The highest BCUT2D eigenvalue weighted by Crippen LogP contribution is 2.24. The molecule has 3 heterocycles. The molecule has 3 rings (SSSR count). The number of H-pyrrole nitrogens is 1. The Morgan fingerprint density at radius 3 is 3.25 bits per heavy atom. The first-order valence-electron chi connectivity index (χ1n) is 5.53. The minimum atomic E-state index is -0.0976. The number of pyridine rings is 1. The van der Waals surface area contributed by atoms with Gasteiger partial charge in [0.05, 0.1) is 17.1 Å². The van der Waals surface area contributed by atoms with E-state index in [1.54, 1.807) is 12.4 Å². The van der Waals surface area contributed by atoms with Gasteiger partial charge in [-0.2, -0.15) is 5.10 Å². The Morgan fingerprint density at radius 2 is 2.44 bits per heavy atom. The molecule has 2 aromatic heterocycles. The number of aromatic amines is 1. The SMILES string of the molecule is O=c1[nH]ccc2c1cnn2C1CCCCO1. The largest absolute Gasteiger partial charge is 0.356 e. The number of nitrogens with one attached hydrogen (secondary N) is 1. The Morgan fingerprint density at radius 1 is 1.50 bits per heavy atom. The van der Waals surface area contributed by atoms with E-state index in [0.29, 0.717) is 5.39 Å². The Bertz CT molecular complexity index is 552. The summed E-state index contributed by atoms with van der Waals surface area (Å²) in [5, 5.41) is 4.87. The number of rotatable bonds is 1. The highest BCUT2D eigenvalue weighted by Gasteiger charge is 2.18. The predicted molar refractivity (Wildman–Crippen MR) is 59.2 cm³/mol. The van der Waals surface area contributed by atoms with Crippen LogP contribution in [0.4, 0.5) is 0 Å². The first kappa shape index (κ1) is 9.59. The van der Waals surface area contributed by atoms with Gasteiger partial charge < -0.3 is 9.72 Å². The Hall–Kier alpha value is -1.62. The van der Waals surface area contributed by atoms with Crippen molar-refractivity contribution >= 4 is 10.9 Å². The summed E-state index contributed by atoms with van der Waals surface area (Å²) in [5.74, 6) is 0. The molecular formula is C11H13N3O2. The van der Waals surface area contributed by atoms with E-state index >= 15 is 0 Å². The summed E-state index contributed by atoms with van der Waals surface area (Å²) in [6.07, 6.45) is 6.44. The van der Waals surface area contributed by atoms with Gasteiger partial charge in [0.15, 0.2) is 6.23 Å². The number of nitrogens with zero attached hydrogens (tertiary/aromatic N) is 2. The van der Waals surface area contributed by atoms with Crippen molar-refractivity contribution in [2.24, 2.45) is 0 Å². The van der Waals surface area contributed by atoms with Crippen LogP contribution in [0.3, 0.4) is 0 Å². The molecule has 16 heavy (non-hydrogen) atoms. The van der Waals surface area contributed by atoms with E-state index in [1.165, 1.54) is 0 Å². The molecule has 1 aliphatic heterocycles. The van der Waals surface area contributed by atoms with Gasteiger partial charge in [0.25, 0.3) is 5.56 Å². The molecule has 2 aromatic rings. The van der Waals surface area contributed by atoms with E-state index in [1.807, 2.05) is 10.7 Å². The van der Waals surface area contributed by atoms with Crippen LogP contribution in [0.15, 0.2) is 23.3 Å². The standard InChI is InChI=1S/C11H13N3O2/c15-11-8-7-13-14(9(8)4-5-12-11)10-3-1-2-6-16-10/h4-5,7,10H,1-3,6H2,(H,12,15). The smallest absolute Gasteiger partial charge is 0.259 e. The average molecular weight is 219 g/mol. The van der Waals surface area contributed by atoms with Crippen LogP contribution >= 0.6 is 0 Å². The highest BCUT2D eigenvalue weighted by molar-refractivity contribution is 5.77. The summed E-state index contributed by atoms with van der Waals surface area (Å²) in [4.78, 5) is 14.2. The number of hydrogen-bond donors (Lipinski definition) is 1. The van der Waals surface area contributed by atoms with Crippen LogP contribution in [-0.2, 0) is 4.74 Å². The summed E-state index contributed by atoms with van der Waals surface area (Å²) in [6.45, 7) is 0.773. The molecule has 0 spiro atoms. The Balaban J connectivity index is 2.10. The number of ether oxygens (including phenoxy) is 1. The van der Waals surface area contributed by atoms with E-state index in [4.69, 9.17) is 4.74 Å². The first-order chi connectivity index (χ1) is 7.86. The topological polar surface area (TPSA) is 59.9 Å². The molecule has 0 saturated carbocycles. The molecule has 84 valence electrons. The molecule has 1 atom stereocenters. The van der Waals surface area contributed by atoms with Crippen molar-refractivity contribution in [2.45, 2.75) is 25.5 Å². The molecule has 1 N–H and O–H groups in total. The molecule has 1 saturated heterocycles. The van der Waals surface area contributed by atoms with Gasteiger partial charge in [-0.15, -0.1) is 0 Å². The van der Waals surface area contributed by atoms with Crippen LogP contribution in [0.25, 0.3) is 10.9 Å². The molecule has 1 aliphatic rings. The molecule has 5 heteroatoms. The lowest BCUT2D eigenvalue weighted by Gasteiger charge is -2.23.